The van der Waals surface area contributed by atoms with E-state index in [1.165, 1.54) is 7.11 Å². The molecule has 2 aromatic rings. The van der Waals surface area contributed by atoms with E-state index in [2.05, 4.69) is 5.32 Å². The Morgan fingerprint density at radius 3 is 2.10 bits per heavy atom. The second-order valence-corrected chi connectivity index (χ2v) is 7.73. The average Bonchev–Trinajstić information content (AvgIpc) is 3.17. The molecule has 3 atom stereocenters. The minimum absolute atomic E-state index is 0.141. The number of ether oxygens (including phenoxy) is 2. The molecule has 1 aliphatic carbocycles. The molecular formula is C24H27NO5. The van der Waals surface area contributed by atoms with Crippen molar-refractivity contribution in [1.82, 2.24) is 5.32 Å². The minimum Gasteiger partial charge on any atom is -0.469 e. The fraction of sp³-hybridized carbons (Fsp3) is 0.375. The molecular weight excluding hydrogens is 382 g/mol. The lowest BCUT2D eigenvalue weighted by Crippen LogP contribution is -2.43. The predicted octanol–water partition coefficient (Wildman–Crippen LogP) is 3.05. The van der Waals surface area contributed by atoms with Crippen LogP contribution in [0.15, 0.2) is 60.7 Å². The Morgan fingerprint density at radius 1 is 0.967 bits per heavy atom. The zero-order valence-corrected chi connectivity index (χ0v) is 17.1. The smallest absolute Gasteiger partial charge is 0.310 e. The van der Waals surface area contributed by atoms with E-state index in [0.29, 0.717) is 19.4 Å². The van der Waals surface area contributed by atoms with Crippen LogP contribution in [-0.4, -0.2) is 30.9 Å². The quantitative estimate of drug-likeness (QED) is 0.506. The van der Waals surface area contributed by atoms with Crippen molar-refractivity contribution in [2.75, 3.05) is 7.11 Å². The molecule has 0 spiro atoms. The summed E-state index contributed by atoms with van der Waals surface area (Å²) in [6.07, 6.45) is 1.72. The van der Waals surface area contributed by atoms with Gasteiger partial charge in [0.15, 0.2) is 0 Å². The van der Waals surface area contributed by atoms with Crippen molar-refractivity contribution >= 4 is 18.2 Å². The molecule has 0 bridgehead atoms. The summed E-state index contributed by atoms with van der Waals surface area (Å²) in [4.78, 5) is 36.7. The van der Waals surface area contributed by atoms with Crippen LogP contribution in [0.2, 0.25) is 0 Å². The molecule has 0 heterocycles. The van der Waals surface area contributed by atoms with Crippen LogP contribution in [0.5, 0.6) is 0 Å². The van der Waals surface area contributed by atoms with E-state index in [9.17, 15) is 14.4 Å². The van der Waals surface area contributed by atoms with Crippen LogP contribution in [0.25, 0.3) is 0 Å². The van der Waals surface area contributed by atoms with Crippen LogP contribution < -0.4 is 5.32 Å². The maximum atomic E-state index is 12.9. The maximum absolute atomic E-state index is 12.9. The summed E-state index contributed by atoms with van der Waals surface area (Å²) in [5.41, 5.74) is 1.28. The maximum Gasteiger partial charge on any atom is 0.310 e. The largest absolute Gasteiger partial charge is 0.469 e. The molecule has 3 rings (SSSR count). The number of hydrogen-bond acceptors (Lipinski definition) is 6. The molecule has 0 saturated heterocycles. The highest BCUT2D eigenvalue weighted by atomic mass is 16.5. The van der Waals surface area contributed by atoms with Crippen molar-refractivity contribution in [2.45, 2.75) is 38.0 Å². The number of aldehydes is 1. The molecule has 6 heteroatoms. The van der Waals surface area contributed by atoms with Crippen molar-refractivity contribution in [3.63, 3.8) is 0 Å². The van der Waals surface area contributed by atoms with Gasteiger partial charge in [0.25, 0.3) is 0 Å². The summed E-state index contributed by atoms with van der Waals surface area (Å²) in [5.74, 6) is -2.21. The number of nitrogens with one attached hydrogen (secondary N) is 1. The van der Waals surface area contributed by atoms with Crippen LogP contribution >= 0.6 is 0 Å². The fourth-order valence-corrected chi connectivity index (χ4v) is 4.12. The number of methoxy groups -OCH3 is 1. The van der Waals surface area contributed by atoms with Gasteiger partial charge in [0, 0.05) is 18.5 Å². The van der Waals surface area contributed by atoms with Gasteiger partial charge in [-0.15, -0.1) is 0 Å². The van der Waals surface area contributed by atoms with Crippen molar-refractivity contribution in [2.24, 2.45) is 11.8 Å². The first kappa shape index (κ1) is 21.7. The van der Waals surface area contributed by atoms with Gasteiger partial charge in [-0.1, -0.05) is 60.7 Å². The monoisotopic (exact) mass is 409 g/mol. The molecule has 2 aromatic carbocycles. The SMILES string of the molecule is COC(=O)[C@H]1CC(CC=O)(NCc2ccccc2)C[C@H]1C(=O)OCc1ccccc1. The molecule has 30 heavy (non-hydrogen) atoms. The second-order valence-electron chi connectivity index (χ2n) is 7.73. The fourth-order valence-electron chi connectivity index (χ4n) is 4.12. The van der Waals surface area contributed by atoms with Crippen molar-refractivity contribution in [3.05, 3.63) is 71.8 Å². The molecule has 1 fully saturated rings. The van der Waals surface area contributed by atoms with Gasteiger partial charge in [-0.3, -0.25) is 9.59 Å². The lowest BCUT2D eigenvalue weighted by Gasteiger charge is -2.29. The summed E-state index contributed by atoms with van der Waals surface area (Å²) in [5, 5.41) is 3.43. The summed E-state index contributed by atoms with van der Waals surface area (Å²) in [7, 11) is 1.31. The van der Waals surface area contributed by atoms with Crippen LogP contribution in [0, 0.1) is 11.8 Å². The lowest BCUT2D eigenvalue weighted by molar-refractivity contribution is -0.158. The third-order valence-electron chi connectivity index (χ3n) is 5.72. The molecule has 158 valence electrons. The lowest BCUT2D eigenvalue weighted by atomic mass is 9.91. The molecule has 1 aliphatic rings. The molecule has 1 N–H and O–H groups in total. The van der Waals surface area contributed by atoms with E-state index in [1.807, 2.05) is 60.7 Å². The standard InChI is InChI=1S/C24H27NO5/c1-29-22(27)20-14-24(12-13-26,25-16-18-8-4-2-5-9-18)15-21(20)23(28)30-17-19-10-6-3-7-11-19/h2-11,13,20-21,25H,12,14-17H2,1H3/t20-,21+,24?/m0/s1. The van der Waals surface area contributed by atoms with Gasteiger partial charge in [-0.25, -0.2) is 0 Å². The van der Waals surface area contributed by atoms with Crippen LogP contribution in [-0.2, 0) is 37.0 Å². The van der Waals surface area contributed by atoms with Crippen molar-refractivity contribution < 1.29 is 23.9 Å². The average molecular weight is 409 g/mol. The highest BCUT2D eigenvalue weighted by molar-refractivity contribution is 5.83. The highest BCUT2D eigenvalue weighted by Gasteiger charge is 2.51. The van der Waals surface area contributed by atoms with Gasteiger partial charge >= 0.3 is 11.9 Å². The van der Waals surface area contributed by atoms with Crippen molar-refractivity contribution in [3.8, 4) is 0 Å². The Kier molecular flexibility index (Phi) is 7.36. The van der Waals surface area contributed by atoms with E-state index in [-0.39, 0.29) is 13.0 Å². The number of benzene rings is 2. The molecule has 1 unspecified atom stereocenters. The molecule has 0 aromatic heterocycles. The Labute approximate surface area is 176 Å². The molecule has 0 aliphatic heterocycles. The molecule has 1 saturated carbocycles. The van der Waals surface area contributed by atoms with Gasteiger partial charge in [0.1, 0.15) is 12.9 Å². The van der Waals surface area contributed by atoms with Gasteiger partial charge in [-0.05, 0) is 24.0 Å². The second kappa shape index (κ2) is 10.2. The van der Waals surface area contributed by atoms with E-state index >= 15 is 0 Å². The third kappa shape index (κ3) is 5.33. The van der Waals surface area contributed by atoms with Gasteiger partial charge in [0.2, 0.25) is 0 Å². The number of carbonyl (C=O) groups excluding carboxylic acids is 3. The summed E-state index contributed by atoms with van der Waals surface area (Å²) < 4.78 is 10.5. The number of carbonyl (C=O) groups is 3. The summed E-state index contributed by atoms with van der Waals surface area (Å²) in [6, 6.07) is 19.2. The Bertz CT molecular complexity index is 854. The first-order chi connectivity index (χ1) is 14.6. The molecule has 0 amide bonds. The topological polar surface area (TPSA) is 81.7 Å². The van der Waals surface area contributed by atoms with Crippen LogP contribution in [0.3, 0.4) is 0 Å². The Hall–Kier alpha value is -2.99. The summed E-state index contributed by atoms with van der Waals surface area (Å²) >= 11 is 0. The van der Waals surface area contributed by atoms with E-state index in [4.69, 9.17) is 9.47 Å². The Morgan fingerprint density at radius 2 is 1.53 bits per heavy atom. The summed E-state index contributed by atoms with van der Waals surface area (Å²) in [6.45, 7) is 0.677. The normalized spacial score (nSPS) is 23.0. The number of rotatable bonds is 9. The number of esters is 2. The van der Waals surface area contributed by atoms with Gasteiger partial charge < -0.3 is 19.6 Å². The van der Waals surface area contributed by atoms with E-state index < -0.39 is 29.3 Å². The first-order valence-electron chi connectivity index (χ1n) is 10.1. The van der Waals surface area contributed by atoms with E-state index in [0.717, 1.165) is 17.4 Å². The minimum atomic E-state index is -0.663. The van der Waals surface area contributed by atoms with Crippen LogP contribution in [0.1, 0.15) is 30.4 Å². The van der Waals surface area contributed by atoms with Gasteiger partial charge in [-0.2, -0.15) is 0 Å². The van der Waals surface area contributed by atoms with Crippen LogP contribution in [0.4, 0.5) is 0 Å². The number of hydrogen-bond donors (Lipinski definition) is 1. The zero-order chi connectivity index (χ0) is 21.4. The van der Waals surface area contributed by atoms with Crippen molar-refractivity contribution in [1.29, 1.82) is 0 Å². The van der Waals surface area contributed by atoms with Gasteiger partial charge in [0.05, 0.1) is 18.9 Å². The first-order valence-corrected chi connectivity index (χ1v) is 10.1. The predicted molar refractivity (Wildman–Crippen MR) is 111 cm³/mol. The van der Waals surface area contributed by atoms with E-state index in [1.54, 1.807) is 0 Å². The molecule has 6 nitrogen and oxygen atoms in total. The highest BCUT2D eigenvalue weighted by Crippen LogP contribution is 2.42. The Balaban J connectivity index is 1.74. The molecule has 0 radical (unpaired) electrons. The third-order valence-corrected chi connectivity index (χ3v) is 5.72. The zero-order valence-electron chi connectivity index (χ0n) is 17.1.